The first kappa shape index (κ1) is 10.7. The molecule has 1 amide bonds. The zero-order valence-corrected chi connectivity index (χ0v) is 9.79. The number of fused-ring (bicyclic) bond motifs is 1. The van der Waals surface area contributed by atoms with Crippen LogP contribution in [0.15, 0.2) is 18.2 Å². The maximum absolute atomic E-state index is 11.1. The second kappa shape index (κ2) is 4.35. The molecule has 0 spiro atoms. The van der Waals surface area contributed by atoms with E-state index >= 15 is 0 Å². The Morgan fingerprint density at radius 3 is 3.07 bits per heavy atom. The van der Waals surface area contributed by atoms with Crippen molar-refractivity contribution in [3.63, 3.8) is 0 Å². The summed E-state index contributed by atoms with van der Waals surface area (Å²) >= 11 is 12.4. The van der Waals surface area contributed by atoms with E-state index < -0.39 is 0 Å². The summed E-state index contributed by atoms with van der Waals surface area (Å²) in [5.41, 5.74) is 0.775. The van der Waals surface area contributed by atoms with Crippen molar-refractivity contribution in [2.45, 2.75) is 0 Å². The van der Waals surface area contributed by atoms with E-state index in [4.69, 9.17) is 23.2 Å². The topological polar surface area (TPSA) is 42.0 Å². The van der Waals surface area contributed by atoms with Gasteiger partial charge in [-0.1, -0.05) is 11.6 Å². The lowest BCUT2D eigenvalue weighted by Gasteiger charge is -1.98. The lowest BCUT2D eigenvalue weighted by molar-refractivity contribution is -0.113. The lowest BCUT2D eigenvalue weighted by atomic mass is 10.2. The monoisotopic (exact) mass is 260 g/mol. The first-order valence-corrected chi connectivity index (χ1v) is 5.80. The van der Waals surface area contributed by atoms with Crippen LogP contribution in [0.4, 0.5) is 5.00 Å². The van der Waals surface area contributed by atoms with Crippen molar-refractivity contribution in [2.75, 3.05) is 11.2 Å². The third kappa shape index (κ3) is 2.22. The number of nitrogens with one attached hydrogen (secondary N) is 1. The number of hydrogen-bond acceptors (Lipinski definition) is 3. The summed E-state index contributed by atoms with van der Waals surface area (Å²) in [4.78, 5) is 11.1. The number of alkyl halides is 1. The van der Waals surface area contributed by atoms with E-state index in [1.807, 2.05) is 6.07 Å². The predicted octanol–water partition coefficient (Wildman–Crippen LogP) is 3.13. The Bertz CT molecular complexity index is 512. The molecule has 2 aromatic rings. The number of aromatic nitrogens is 1. The van der Waals surface area contributed by atoms with Gasteiger partial charge in [0.1, 0.15) is 10.9 Å². The summed E-state index contributed by atoms with van der Waals surface area (Å²) in [5, 5.41) is 4.88. The van der Waals surface area contributed by atoms with Crippen molar-refractivity contribution >= 4 is 56.5 Å². The van der Waals surface area contributed by atoms with Crippen molar-refractivity contribution in [1.29, 1.82) is 0 Å². The zero-order chi connectivity index (χ0) is 10.8. The normalized spacial score (nSPS) is 10.5. The van der Waals surface area contributed by atoms with Crippen LogP contribution >= 0.6 is 34.7 Å². The summed E-state index contributed by atoms with van der Waals surface area (Å²) in [7, 11) is 0. The highest BCUT2D eigenvalue weighted by molar-refractivity contribution is 7.12. The van der Waals surface area contributed by atoms with Crippen LogP contribution < -0.4 is 5.32 Å². The fourth-order valence-corrected chi connectivity index (χ4v) is 2.17. The number of halogens is 2. The van der Waals surface area contributed by atoms with E-state index in [1.165, 1.54) is 11.5 Å². The fraction of sp³-hybridized carbons (Fsp3) is 0.111. The molecule has 0 fully saturated rings. The maximum atomic E-state index is 11.1. The van der Waals surface area contributed by atoms with Gasteiger partial charge in [-0.2, -0.15) is 4.37 Å². The van der Waals surface area contributed by atoms with Gasteiger partial charge in [-0.25, -0.2) is 0 Å². The number of carbonyl (C=O) groups excluding carboxylic acids is 1. The van der Waals surface area contributed by atoms with Gasteiger partial charge in [-0.3, -0.25) is 4.79 Å². The number of carbonyl (C=O) groups is 1. The Morgan fingerprint density at radius 2 is 2.33 bits per heavy atom. The standard InChI is InChI=1S/C9H6Cl2N2OS/c10-4-8(14)12-9-6-2-1-5(11)3-7(6)13-15-9/h1-3H,4H2,(H,12,14). The van der Waals surface area contributed by atoms with Gasteiger partial charge in [-0.15, -0.1) is 11.6 Å². The quantitative estimate of drug-likeness (QED) is 0.844. The number of anilines is 1. The fourth-order valence-electron chi connectivity index (χ4n) is 1.17. The molecule has 15 heavy (non-hydrogen) atoms. The van der Waals surface area contributed by atoms with Crippen molar-refractivity contribution in [3.05, 3.63) is 23.2 Å². The van der Waals surface area contributed by atoms with E-state index in [0.29, 0.717) is 10.0 Å². The molecule has 0 aliphatic heterocycles. The van der Waals surface area contributed by atoms with E-state index in [9.17, 15) is 4.79 Å². The maximum Gasteiger partial charge on any atom is 0.239 e. The summed E-state index contributed by atoms with van der Waals surface area (Å²) in [6.07, 6.45) is 0. The highest BCUT2D eigenvalue weighted by Gasteiger charge is 2.08. The minimum atomic E-state index is -0.239. The molecular formula is C9H6Cl2N2OS. The Balaban J connectivity index is 2.41. The molecule has 0 aliphatic rings. The SMILES string of the molecule is O=C(CCl)Nc1snc2cc(Cl)ccc12. The molecule has 0 saturated carbocycles. The molecule has 0 atom stereocenters. The molecule has 2 rings (SSSR count). The first-order valence-electron chi connectivity index (χ1n) is 4.11. The third-order valence-electron chi connectivity index (χ3n) is 1.81. The molecular weight excluding hydrogens is 255 g/mol. The first-order chi connectivity index (χ1) is 7.20. The highest BCUT2D eigenvalue weighted by Crippen LogP contribution is 2.29. The predicted molar refractivity (Wildman–Crippen MR) is 64.0 cm³/mol. The van der Waals surface area contributed by atoms with Crippen LogP contribution in [0.2, 0.25) is 5.02 Å². The number of benzene rings is 1. The molecule has 0 bridgehead atoms. The van der Waals surface area contributed by atoms with Crippen molar-refractivity contribution in [3.8, 4) is 0 Å². The largest absolute Gasteiger partial charge is 0.315 e. The molecule has 0 aliphatic carbocycles. The molecule has 0 radical (unpaired) electrons. The Labute approximate surface area is 100 Å². The number of hydrogen-bond donors (Lipinski definition) is 1. The molecule has 1 aromatic carbocycles. The Morgan fingerprint density at radius 1 is 1.53 bits per heavy atom. The lowest BCUT2D eigenvalue weighted by Crippen LogP contribution is -2.11. The Kier molecular flexibility index (Phi) is 3.09. The number of nitrogens with zero attached hydrogens (tertiary/aromatic N) is 1. The van der Waals surface area contributed by atoms with Gasteiger partial charge in [-0.05, 0) is 29.7 Å². The van der Waals surface area contributed by atoms with Gasteiger partial charge in [0.25, 0.3) is 0 Å². The summed E-state index contributed by atoms with van der Waals surface area (Å²) in [5.74, 6) is -0.301. The molecule has 0 saturated heterocycles. The van der Waals surface area contributed by atoms with Crippen LogP contribution in [-0.2, 0) is 4.79 Å². The van der Waals surface area contributed by atoms with E-state index in [0.717, 1.165) is 10.9 Å². The van der Waals surface area contributed by atoms with Crippen molar-refractivity contribution in [2.24, 2.45) is 0 Å². The van der Waals surface area contributed by atoms with Crippen LogP contribution in [-0.4, -0.2) is 16.2 Å². The minimum Gasteiger partial charge on any atom is -0.315 e. The average molecular weight is 261 g/mol. The summed E-state index contributed by atoms with van der Waals surface area (Å²) in [6.45, 7) is 0. The molecule has 0 unspecified atom stereocenters. The second-order valence-corrected chi connectivity index (χ2v) is 4.33. The summed E-state index contributed by atoms with van der Waals surface area (Å²) < 4.78 is 4.17. The summed E-state index contributed by atoms with van der Waals surface area (Å²) in [6, 6.07) is 5.34. The van der Waals surface area contributed by atoms with Gasteiger partial charge >= 0.3 is 0 Å². The number of rotatable bonds is 2. The smallest absolute Gasteiger partial charge is 0.239 e. The molecule has 1 N–H and O–H groups in total. The number of amides is 1. The zero-order valence-electron chi connectivity index (χ0n) is 7.46. The van der Waals surface area contributed by atoms with Gasteiger partial charge < -0.3 is 5.32 Å². The minimum absolute atomic E-state index is 0.0625. The molecule has 3 nitrogen and oxygen atoms in total. The van der Waals surface area contributed by atoms with Crippen molar-refractivity contribution < 1.29 is 4.79 Å². The molecule has 1 aromatic heterocycles. The van der Waals surface area contributed by atoms with Crippen LogP contribution in [0.3, 0.4) is 0 Å². The van der Waals surface area contributed by atoms with E-state index in [-0.39, 0.29) is 11.8 Å². The van der Waals surface area contributed by atoms with Gasteiger partial charge in [0.05, 0.1) is 5.52 Å². The van der Waals surface area contributed by atoms with Gasteiger partial charge in [0.2, 0.25) is 5.91 Å². The third-order valence-corrected chi connectivity index (χ3v) is 3.08. The molecule has 6 heteroatoms. The van der Waals surface area contributed by atoms with Crippen LogP contribution in [0, 0.1) is 0 Å². The highest BCUT2D eigenvalue weighted by atomic mass is 35.5. The molecule has 1 heterocycles. The van der Waals surface area contributed by atoms with E-state index in [2.05, 4.69) is 9.69 Å². The van der Waals surface area contributed by atoms with E-state index in [1.54, 1.807) is 12.1 Å². The average Bonchev–Trinajstić information content (AvgIpc) is 2.60. The molecule has 78 valence electrons. The Hall–Kier alpha value is -0.840. The van der Waals surface area contributed by atoms with Gasteiger partial charge in [0, 0.05) is 10.4 Å². The van der Waals surface area contributed by atoms with Gasteiger partial charge in [0.15, 0.2) is 0 Å². The van der Waals surface area contributed by atoms with Crippen molar-refractivity contribution in [1.82, 2.24) is 4.37 Å². The second-order valence-electron chi connectivity index (χ2n) is 2.85. The van der Waals surface area contributed by atoms with Crippen LogP contribution in [0.5, 0.6) is 0 Å². The van der Waals surface area contributed by atoms with Crippen LogP contribution in [0.1, 0.15) is 0 Å². The van der Waals surface area contributed by atoms with Crippen LogP contribution in [0.25, 0.3) is 10.9 Å².